The highest BCUT2D eigenvalue weighted by Crippen LogP contribution is 2.19. The van der Waals surface area contributed by atoms with Crippen molar-refractivity contribution >= 4 is 5.97 Å². The molecule has 0 aliphatic rings. The SMILES string of the molecule is CC.CC.CC.CC.CCCOC(C)(C)CCOc1ccc(C(=O)OC(C)(C)C)cc1. The zero-order chi connectivity index (χ0) is 25.5. The van der Waals surface area contributed by atoms with E-state index in [1.807, 2.05) is 76.2 Å². The number of ether oxygens (including phenoxy) is 3. The summed E-state index contributed by atoms with van der Waals surface area (Å²) in [6, 6.07) is 7.03. The number of carbonyl (C=O) groups excluding carboxylic acids is 1. The monoisotopic (exact) mass is 442 g/mol. The lowest BCUT2D eigenvalue weighted by molar-refractivity contribution is -0.0303. The van der Waals surface area contributed by atoms with E-state index in [4.69, 9.17) is 14.2 Å². The van der Waals surface area contributed by atoms with Crippen LogP contribution in [-0.4, -0.2) is 30.4 Å². The Morgan fingerprint density at radius 3 is 1.61 bits per heavy atom. The van der Waals surface area contributed by atoms with Gasteiger partial charge in [0.2, 0.25) is 0 Å². The van der Waals surface area contributed by atoms with Crippen LogP contribution in [0.2, 0.25) is 0 Å². The van der Waals surface area contributed by atoms with Crippen LogP contribution in [-0.2, 0) is 9.47 Å². The zero-order valence-corrected chi connectivity index (χ0v) is 23.3. The molecule has 0 aromatic heterocycles. The van der Waals surface area contributed by atoms with Crippen molar-refractivity contribution in [3.63, 3.8) is 0 Å². The van der Waals surface area contributed by atoms with Gasteiger partial charge in [0.15, 0.2) is 0 Å². The number of hydrogen-bond donors (Lipinski definition) is 0. The molecule has 1 aromatic carbocycles. The summed E-state index contributed by atoms with van der Waals surface area (Å²) in [5.41, 5.74) is -0.151. The van der Waals surface area contributed by atoms with Crippen LogP contribution in [0, 0.1) is 0 Å². The molecular formula is C27H54O4. The van der Waals surface area contributed by atoms with Gasteiger partial charge in [-0.1, -0.05) is 62.3 Å². The van der Waals surface area contributed by atoms with Crippen LogP contribution in [0.15, 0.2) is 24.3 Å². The molecule has 0 unspecified atom stereocenters. The fourth-order valence-corrected chi connectivity index (χ4v) is 1.89. The highest BCUT2D eigenvalue weighted by atomic mass is 16.6. The van der Waals surface area contributed by atoms with Crippen LogP contribution in [0.5, 0.6) is 5.75 Å². The molecule has 0 bridgehead atoms. The molecule has 0 radical (unpaired) electrons. The van der Waals surface area contributed by atoms with Gasteiger partial charge < -0.3 is 14.2 Å². The number of benzene rings is 1. The number of carbonyl (C=O) groups is 1. The molecule has 186 valence electrons. The average molecular weight is 443 g/mol. The lowest BCUT2D eigenvalue weighted by Crippen LogP contribution is -2.27. The standard InChI is InChI=1S/C19H30O4.4C2H6/c1-7-13-22-19(5,6)12-14-21-16-10-8-15(9-11-16)17(20)23-18(2,3)4;4*1-2/h8-11H,7,12-14H2,1-6H3;4*1-2H3. The smallest absolute Gasteiger partial charge is 0.338 e. The maximum Gasteiger partial charge on any atom is 0.338 e. The van der Waals surface area contributed by atoms with Crippen LogP contribution in [0.3, 0.4) is 0 Å². The molecule has 0 atom stereocenters. The molecule has 0 spiro atoms. The van der Waals surface area contributed by atoms with Gasteiger partial charge in [-0.2, -0.15) is 0 Å². The third-order valence-corrected chi connectivity index (χ3v) is 3.16. The minimum absolute atomic E-state index is 0.188. The van der Waals surface area contributed by atoms with E-state index in [2.05, 4.69) is 20.8 Å². The second kappa shape index (κ2) is 23.1. The Bertz CT molecular complexity index is 485. The van der Waals surface area contributed by atoms with Gasteiger partial charge in [-0.3, -0.25) is 0 Å². The minimum Gasteiger partial charge on any atom is -0.493 e. The topological polar surface area (TPSA) is 44.8 Å². The quantitative estimate of drug-likeness (QED) is 0.377. The van der Waals surface area contributed by atoms with Crippen molar-refractivity contribution in [3.05, 3.63) is 29.8 Å². The van der Waals surface area contributed by atoms with Crippen molar-refractivity contribution in [3.8, 4) is 5.75 Å². The molecule has 1 rings (SSSR count). The van der Waals surface area contributed by atoms with Gasteiger partial charge >= 0.3 is 5.97 Å². The first-order chi connectivity index (χ1) is 14.6. The van der Waals surface area contributed by atoms with E-state index in [0.717, 1.165) is 25.2 Å². The van der Waals surface area contributed by atoms with Crippen LogP contribution >= 0.6 is 0 Å². The molecule has 0 heterocycles. The maximum absolute atomic E-state index is 11.9. The van der Waals surface area contributed by atoms with E-state index in [1.165, 1.54) is 0 Å². The van der Waals surface area contributed by atoms with E-state index >= 15 is 0 Å². The Morgan fingerprint density at radius 1 is 0.774 bits per heavy atom. The first kappa shape index (κ1) is 36.8. The molecule has 0 amide bonds. The fourth-order valence-electron chi connectivity index (χ4n) is 1.89. The third kappa shape index (κ3) is 22.9. The maximum atomic E-state index is 11.9. The van der Waals surface area contributed by atoms with Gasteiger partial charge in [-0.25, -0.2) is 4.79 Å². The lowest BCUT2D eigenvalue weighted by Gasteiger charge is -2.25. The largest absolute Gasteiger partial charge is 0.493 e. The molecule has 0 aliphatic heterocycles. The van der Waals surface area contributed by atoms with Gasteiger partial charge in [0.05, 0.1) is 17.8 Å². The summed E-state index contributed by atoms with van der Waals surface area (Å²) < 4.78 is 16.8. The summed E-state index contributed by atoms with van der Waals surface area (Å²) in [4.78, 5) is 11.9. The Labute approximate surface area is 195 Å². The summed E-state index contributed by atoms with van der Waals surface area (Å²) in [5.74, 6) is 0.418. The average Bonchev–Trinajstić information content (AvgIpc) is 2.77. The summed E-state index contributed by atoms with van der Waals surface area (Å²) in [6.07, 6.45) is 1.82. The predicted molar refractivity (Wildman–Crippen MR) is 137 cm³/mol. The van der Waals surface area contributed by atoms with Crippen molar-refractivity contribution in [2.75, 3.05) is 13.2 Å². The van der Waals surface area contributed by atoms with Crippen LogP contribution in [0.4, 0.5) is 0 Å². The predicted octanol–water partition coefficient (Wildman–Crippen LogP) is 8.72. The van der Waals surface area contributed by atoms with Gasteiger partial charge in [0, 0.05) is 13.0 Å². The van der Waals surface area contributed by atoms with E-state index in [1.54, 1.807) is 24.3 Å². The Morgan fingerprint density at radius 2 is 1.23 bits per heavy atom. The molecule has 0 saturated carbocycles. The third-order valence-electron chi connectivity index (χ3n) is 3.16. The molecule has 0 fully saturated rings. The summed E-state index contributed by atoms with van der Waals surface area (Å²) in [7, 11) is 0. The van der Waals surface area contributed by atoms with Crippen molar-refractivity contribution in [1.82, 2.24) is 0 Å². The summed E-state index contributed by atoms with van der Waals surface area (Å²) in [6.45, 7) is 29.1. The number of rotatable bonds is 8. The first-order valence-corrected chi connectivity index (χ1v) is 12.2. The molecule has 0 saturated heterocycles. The van der Waals surface area contributed by atoms with Gasteiger partial charge in [-0.05, 0) is 65.3 Å². The molecule has 1 aromatic rings. The highest BCUT2D eigenvalue weighted by Gasteiger charge is 2.19. The van der Waals surface area contributed by atoms with Crippen LogP contribution in [0.25, 0.3) is 0 Å². The van der Waals surface area contributed by atoms with E-state index < -0.39 is 5.60 Å². The summed E-state index contributed by atoms with van der Waals surface area (Å²) >= 11 is 0. The number of esters is 1. The molecule has 0 N–H and O–H groups in total. The Kier molecular flexibility index (Phi) is 27.4. The van der Waals surface area contributed by atoms with E-state index in [9.17, 15) is 4.79 Å². The van der Waals surface area contributed by atoms with Crippen molar-refractivity contribution < 1.29 is 19.0 Å². The van der Waals surface area contributed by atoms with Gasteiger partial charge in [0.1, 0.15) is 11.4 Å². The lowest BCUT2D eigenvalue weighted by atomic mass is 10.1. The minimum atomic E-state index is -0.490. The van der Waals surface area contributed by atoms with Crippen molar-refractivity contribution in [1.29, 1.82) is 0 Å². The molecule has 4 nitrogen and oxygen atoms in total. The molecule has 4 heteroatoms. The highest BCUT2D eigenvalue weighted by molar-refractivity contribution is 5.89. The van der Waals surface area contributed by atoms with Crippen LogP contribution in [0.1, 0.15) is 120 Å². The second-order valence-corrected chi connectivity index (χ2v) is 7.23. The van der Waals surface area contributed by atoms with E-state index in [0.29, 0.717) is 12.2 Å². The molecule has 31 heavy (non-hydrogen) atoms. The van der Waals surface area contributed by atoms with Gasteiger partial charge in [-0.15, -0.1) is 0 Å². The zero-order valence-electron chi connectivity index (χ0n) is 23.3. The fraction of sp³-hybridized carbons (Fsp3) is 0.741. The van der Waals surface area contributed by atoms with Crippen molar-refractivity contribution in [2.24, 2.45) is 0 Å². The summed E-state index contributed by atoms with van der Waals surface area (Å²) in [5, 5.41) is 0. The van der Waals surface area contributed by atoms with Crippen LogP contribution < -0.4 is 4.74 Å². The van der Waals surface area contributed by atoms with E-state index in [-0.39, 0.29) is 11.6 Å². The molecular weight excluding hydrogens is 388 g/mol. The van der Waals surface area contributed by atoms with Gasteiger partial charge in [0.25, 0.3) is 0 Å². The Hall–Kier alpha value is -1.55. The first-order valence-electron chi connectivity index (χ1n) is 12.2. The Balaban J connectivity index is -0.000000407. The van der Waals surface area contributed by atoms with Crippen molar-refractivity contribution in [2.45, 2.75) is 121 Å². The second-order valence-electron chi connectivity index (χ2n) is 7.23. The normalized spacial score (nSPS) is 9.74. The molecule has 0 aliphatic carbocycles. The number of hydrogen-bond acceptors (Lipinski definition) is 4.